The van der Waals surface area contributed by atoms with Crippen molar-refractivity contribution >= 4 is 65.0 Å². The van der Waals surface area contributed by atoms with Crippen molar-refractivity contribution in [2.24, 2.45) is 69.0 Å². The average molecular weight is 1260 g/mol. The highest BCUT2D eigenvalue weighted by molar-refractivity contribution is 6.00. The fourth-order valence-corrected chi connectivity index (χ4v) is 10.8. The smallest absolute Gasteiger partial charge is 0.246 e. The number of primary amides is 1. The number of guanidine groups is 1. The summed E-state index contributed by atoms with van der Waals surface area (Å²) in [4.78, 5) is 148. The first-order valence-corrected chi connectivity index (χ1v) is 32.4. The van der Waals surface area contributed by atoms with Gasteiger partial charge in [-0.15, -0.1) is 0 Å². The number of aliphatic imine (C=N–C) groups is 1. The second-order valence-corrected chi connectivity index (χ2v) is 25.9. The molecule has 0 bridgehead atoms. The second kappa shape index (κ2) is 41.8. The van der Waals surface area contributed by atoms with Crippen LogP contribution in [0.1, 0.15) is 198 Å². The number of aliphatic hydroxyl groups is 1. The zero-order chi connectivity index (χ0) is 67.6. The van der Waals surface area contributed by atoms with Crippen LogP contribution in [0.25, 0.3) is 0 Å². The van der Waals surface area contributed by atoms with Crippen LogP contribution in [0.15, 0.2) is 17.1 Å². The number of carbonyl (C=O) groups is 10. The van der Waals surface area contributed by atoms with E-state index in [9.17, 15) is 38.7 Å². The Balaban J connectivity index is 4.33. The summed E-state index contributed by atoms with van der Waals surface area (Å²) in [5.41, 5.74) is 31.1. The molecule has 0 spiro atoms. The van der Waals surface area contributed by atoms with Crippen LogP contribution < -0.4 is 82.3 Å². The number of carbonyl (C=O) groups excluding carboxylic acids is 10. The molecule has 27 heteroatoms. The van der Waals surface area contributed by atoms with Gasteiger partial charge in [-0.1, -0.05) is 87.8 Å². The maximum Gasteiger partial charge on any atom is 0.246 e. The zero-order valence-corrected chi connectivity index (χ0v) is 55.4. The second-order valence-electron chi connectivity index (χ2n) is 25.9. The van der Waals surface area contributed by atoms with Crippen LogP contribution in [0, 0.1) is 29.6 Å². The molecule has 10 amide bonds. The average Bonchev–Trinajstić information content (AvgIpc) is 1.00. The van der Waals surface area contributed by atoms with Crippen LogP contribution in [0.2, 0.25) is 0 Å². The van der Waals surface area contributed by atoms with Crippen molar-refractivity contribution < 1.29 is 53.1 Å². The van der Waals surface area contributed by atoms with Gasteiger partial charge in [0, 0.05) is 6.54 Å². The maximum atomic E-state index is 15.4. The number of unbranched alkanes of at least 4 members (excludes halogenated alkanes) is 2. The summed E-state index contributed by atoms with van der Waals surface area (Å²) in [7, 11) is 0. The number of aliphatic hydroxyl groups excluding tert-OH is 1. The van der Waals surface area contributed by atoms with Crippen LogP contribution in [0.3, 0.4) is 0 Å². The Bertz CT molecular complexity index is 2310. The monoisotopic (exact) mass is 1260 g/mol. The molecule has 1 heterocycles. The normalized spacial score (nSPS) is 22.5. The van der Waals surface area contributed by atoms with Crippen molar-refractivity contribution in [3.05, 3.63) is 12.2 Å². The minimum Gasteiger partial charge on any atom is -0.391 e. The highest BCUT2D eigenvalue weighted by Gasteiger charge is 2.46. The summed E-state index contributed by atoms with van der Waals surface area (Å²) in [5, 5.41) is 36.8. The van der Waals surface area contributed by atoms with E-state index in [1.807, 2.05) is 67.5 Å². The van der Waals surface area contributed by atoms with Crippen molar-refractivity contribution in [3.63, 3.8) is 0 Å². The molecule has 0 radical (unpaired) electrons. The van der Waals surface area contributed by atoms with Crippen molar-refractivity contribution in [2.75, 3.05) is 26.2 Å². The number of amides is 10. The van der Waals surface area contributed by atoms with Gasteiger partial charge in [-0.25, -0.2) is 0 Å². The van der Waals surface area contributed by atoms with Crippen molar-refractivity contribution in [1.82, 2.24) is 47.9 Å². The zero-order valence-electron chi connectivity index (χ0n) is 55.4. The summed E-state index contributed by atoms with van der Waals surface area (Å²) in [6.45, 7) is 19.9. The Morgan fingerprint density at radius 1 is 0.629 bits per heavy atom. The van der Waals surface area contributed by atoms with Crippen LogP contribution in [-0.4, -0.2) is 156 Å². The number of nitrogens with one attached hydrogen (secondary N) is 9. The van der Waals surface area contributed by atoms with Gasteiger partial charge < -0.3 is 87.4 Å². The molecule has 0 aliphatic carbocycles. The van der Waals surface area contributed by atoms with Gasteiger partial charge in [0.15, 0.2) is 5.96 Å². The molecular weight excluding hydrogens is 1140 g/mol. The highest BCUT2D eigenvalue weighted by Crippen LogP contribution is 2.28. The van der Waals surface area contributed by atoms with E-state index >= 15 is 14.4 Å². The van der Waals surface area contributed by atoms with Gasteiger partial charge in [0.2, 0.25) is 59.1 Å². The molecule has 510 valence electrons. The molecule has 11 atom stereocenters. The lowest BCUT2D eigenvalue weighted by Gasteiger charge is -2.38. The predicted octanol–water partition coefficient (Wildman–Crippen LogP) is 0.367. The minimum absolute atomic E-state index is 0.0167. The van der Waals surface area contributed by atoms with Crippen molar-refractivity contribution in [1.29, 1.82) is 0 Å². The molecule has 0 aromatic rings. The van der Waals surface area contributed by atoms with Crippen LogP contribution in [0.5, 0.6) is 0 Å². The van der Waals surface area contributed by atoms with Gasteiger partial charge in [-0.2, -0.15) is 0 Å². The van der Waals surface area contributed by atoms with E-state index in [0.717, 1.165) is 0 Å². The fourth-order valence-electron chi connectivity index (χ4n) is 10.8. The van der Waals surface area contributed by atoms with Crippen LogP contribution >= 0.6 is 0 Å². The summed E-state index contributed by atoms with van der Waals surface area (Å²) in [6.07, 6.45) is 6.39. The van der Waals surface area contributed by atoms with Gasteiger partial charge in [-0.05, 0) is 165 Å². The SMILES string of the molecule is CC[C@H](C)[C@@H]1NC(=O)[C@H](CCCN=C(N)N)NC(=O)[C@H](CCCCN)NC(=O)[C@@](CC(C)C)(NC(=O)[C@H](CC(C)C)NC(=O)CN)CCC/C=C\CCC[C@@](CCCCN)(C(=O)N[C@H](C(=O)N[C@@H](CC(C)C)C(=O)N[C@@H](CC(C)C)C(N)=O)[C@@H](C)O)NC1=O. The first kappa shape index (κ1) is 80.6. The number of nitrogens with zero attached hydrogens (tertiary/aromatic N) is 1. The molecule has 0 fully saturated rings. The highest BCUT2D eigenvalue weighted by atomic mass is 16.3. The molecule has 27 nitrogen and oxygen atoms in total. The first-order chi connectivity index (χ1) is 41.8. The summed E-state index contributed by atoms with van der Waals surface area (Å²) >= 11 is 0. The third-order valence-electron chi connectivity index (χ3n) is 15.8. The molecule has 0 unspecified atom stereocenters. The summed E-state index contributed by atoms with van der Waals surface area (Å²) in [5.74, 6) is -8.62. The lowest BCUT2D eigenvalue weighted by molar-refractivity contribution is -0.141. The summed E-state index contributed by atoms with van der Waals surface area (Å²) < 4.78 is 0. The molecule has 22 N–H and O–H groups in total. The Morgan fingerprint density at radius 3 is 1.69 bits per heavy atom. The third-order valence-corrected chi connectivity index (χ3v) is 15.8. The molecule has 89 heavy (non-hydrogen) atoms. The largest absolute Gasteiger partial charge is 0.391 e. The molecule has 1 rings (SSSR count). The number of rotatable bonds is 34. The van der Waals surface area contributed by atoms with E-state index < -0.39 is 124 Å². The van der Waals surface area contributed by atoms with Crippen molar-refractivity contribution in [2.45, 2.75) is 258 Å². The quantitative estimate of drug-likeness (QED) is 0.0179. The van der Waals surface area contributed by atoms with Crippen LogP contribution in [0.4, 0.5) is 0 Å². The van der Waals surface area contributed by atoms with Gasteiger partial charge in [0.25, 0.3) is 0 Å². The minimum atomic E-state index is -1.83. The van der Waals surface area contributed by atoms with Crippen LogP contribution in [-0.2, 0) is 47.9 Å². The number of hydrogen-bond acceptors (Lipinski definition) is 15. The molecule has 0 saturated heterocycles. The third kappa shape index (κ3) is 29.8. The van der Waals surface area contributed by atoms with E-state index in [1.165, 1.54) is 6.92 Å². The topological polar surface area (TPSA) is 468 Å². The fraction of sp³-hybridized carbons (Fsp3) is 0.790. The Morgan fingerprint density at radius 2 is 1.16 bits per heavy atom. The Labute approximate surface area is 529 Å². The molecule has 0 aromatic heterocycles. The molecule has 1 aliphatic heterocycles. The summed E-state index contributed by atoms with van der Waals surface area (Å²) in [6, 6.07) is -9.01. The molecule has 1 aliphatic rings. The van der Waals surface area contributed by atoms with Crippen molar-refractivity contribution in [3.8, 4) is 0 Å². The van der Waals surface area contributed by atoms with E-state index in [1.54, 1.807) is 13.8 Å². The van der Waals surface area contributed by atoms with E-state index in [2.05, 4.69) is 52.8 Å². The predicted molar refractivity (Wildman–Crippen MR) is 345 cm³/mol. The number of hydrogen-bond donors (Lipinski definition) is 16. The lowest BCUT2D eigenvalue weighted by Crippen LogP contribution is -2.67. The van der Waals surface area contributed by atoms with Gasteiger partial charge in [0.05, 0.1) is 12.6 Å². The van der Waals surface area contributed by atoms with Gasteiger partial charge in [0.1, 0.15) is 53.4 Å². The molecular formula is C62H116N16O11. The number of nitrogens with two attached hydrogens (primary N) is 6. The molecule has 0 aromatic carbocycles. The number of allylic oxidation sites excluding steroid dienone is 2. The Kier molecular flexibility index (Phi) is 37.8. The van der Waals surface area contributed by atoms with E-state index in [0.29, 0.717) is 51.4 Å². The lowest BCUT2D eigenvalue weighted by atomic mass is 9.82. The standard InChI is InChI=1S/C62H116N16O11/c1-12-41(10)49-57(87)78-61(27-20-22-30-64,58(88)76-50(42(11)79)56(86)73-46(33-38(4)5)54(84)72-45(51(66)81)32-37(2)3)26-18-15-13-14-16-19-28-62(35-40(8)9,77-55(85)47(34-39(6)7)70-48(80)36-65)59(89)74-44(24-17-21-29-63)52(82)71-43(53(83)75-49)25-23-31-69-60(67)68/h13-14,37-47,49-50,79H,12,15-36,63-65H2,1-11H3,(H2,66,81)(H,70,80)(H,71,82)(H,72,84)(H,73,86)(H,74,89)(H,75,83)(H,76,88)(H,77,85)(H,78,87)(H4,67,68,69)/b14-13-/t41-,42+,43-,44-,45-,46-,47-,49-,50-,61+,62+/m0/s1. The molecule has 0 saturated carbocycles. The van der Waals surface area contributed by atoms with Gasteiger partial charge >= 0.3 is 0 Å². The van der Waals surface area contributed by atoms with E-state index in [4.69, 9.17) is 34.4 Å². The van der Waals surface area contributed by atoms with Gasteiger partial charge in [-0.3, -0.25) is 52.9 Å². The maximum absolute atomic E-state index is 15.4. The van der Waals surface area contributed by atoms with E-state index in [-0.39, 0.29) is 126 Å². The Hall–Kier alpha value is -6.45. The first-order valence-electron chi connectivity index (χ1n) is 32.4.